The third-order valence-corrected chi connectivity index (χ3v) is 4.55. The molecule has 0 fully saturated rings. The highest BCUT2D eigenvalue weighted by Crippen LogP contribution is 2.39. The second-order valence-electron chi connectivity index (χ2n) is 5.81. The highest BCUT2D eigenvalue weighted by molar-refractivity contribution is 5.35. The molecule has 86 valence electrons. The molecular weight excluding hydrogens is 206 g/mol. The Labute approximate surface area is 103 Å². The largest absolute Gasteiger partial charge is 0.309 e. The van der Waals surface area contributed by atoms with E-state index in [0.29, 0.717) is 0 Å². The zero-order chi connectivity index (χ0) is 11.3. The molecule has 4 rings (SSSR count). The fourth-order valence-electron chi connectivity index (χ4n) is 3.80. The Balaban J connectivity index is 1.66. The summed E-state index contributed by atoms with van der Waals surface area (Å²) >= 11 is 0. The summed E-state index contributed by atoms with van der Waals surface area (Å²) in [7, 11) is 0. The van der Waals surface area contributed by atoms with Crippen LogP contribution in [0.15, 0.2) is 47.6 Å². The molecule has 0 unspecified atom stereocenters. The molecule has 1 aromatic carbocycles. The van der Waals surface area contributed by atoms with E-state index in [-0.39, 0.29) is 0 Å². The zero-order valence-electron chi connectivity index (χ0n) is 10.2. The number of hydrogen-bond acceptors (Lipinski definition) is 0. The summed E-state index contributed by atoms with van der Waals surface area (Å²) in [5.74, 6) is 0. The smallest absolute Gasteiger partial charge is 0.106 e. The van der Waals surface area contributed by atoms with E-state index in [1.54, 1.807) is 22.3 Å². The van der Waals surface area contributed by atoms with Crippen molar-refractivity contribution >= 4 is 0 Å². The van der Waals surface area contributed by atoms with Gasteiger partial charge in [-0.1, -0.05) is 36.4 Å². The summed E-state index contributed by atoms with van der Waals surface area (Å²) < 4.78 is 1.27. The summed E-state index contributed by atoms with van der Waals surface area (Å²) in [4.78, 5) is 0. The Kier molecular flexibility index (Phi) is 1.89. The van der Waals surface area contributed by atoms with E-state index in [2.05, 4.69) is 36.4 Å². The van der Waals surface area contributed by atoms with E-state index in [9.17, 15) is 0 Å². The van der Waals surface area contributed by atoms with Crippen LogP contribution in [0.25, 0.3) is 0 Å². The maximum Gasteiger partial charge on any atom is 0.106 e. The van der Waals surface area contributed by atoms with Gasteiger partial charge >= 0.3 is 0 Å². The molecule has 1 spiro atoms. The van der Waals surface area contributed by atoms with Crippen molar-refractivity contribution in [2.75, 3.05) is 13.1 Å². The summed E-state index contributed by atoms with van der Waals surface area (Å²) in [6, 6.07) is 9.00. The van der Waals surface area contributed by atoms with Crippen molar-refractivity contribution < 1.29 is 4.48 Å². The van der Waals surface area contributed by atoms with E-state index >= 15 is 0 Å². The molecule has 3 aliphatic rings. The SMILES string of the molecule is C1=CC2=C(CC1)C[N+]1(C2)Cc2ccccc2C1. The first-order valence-corrected chi connectivity index (χ1v) is 6.64. The standard InChI is InChI=1S/C16H18N/c1-2-6-14-10-17(9-13(14)5-1)11-15-7-3-4-8-16(15)12-17/h1-3,5-7H,4,8-12H2/q+1. The van der Waals surface area contributed by atoms with Crippen LogP contribution in [0.2, 0.25) is 0 Å². The Morgan fingerprint density at radius 1 is 0.882 bits per heavy atom. The topological polar surface area (TPSA) is 0 Å². The van der Waals surface area contributed by atoms with Crippen molar-refractivity contribution in [3.05, 3.63) is 58.7 Å². The molecule has 1 nitrogen and oxygen atoms in total. The van der Waals surface area contributed by atoms with Crippen molar-refractivity contribution in [1.29, 1.82) is 0 Å². The minimum Gasteiger partial charge on any atom is -0.309 e. The Bertz CT molecular complexity index is 511. The van der Waals surface area contributed by atoms with Crippen LogP contribution >= 0.6 is 0 Å². The summed E-state index contributed by atoms with van der Waals surface area (Å²) in [5.41, 5.74) is 6.54. The van der Waals surface area contributed by atoms with Gasteiger partial charge in [-0.25, -0.2) is 0 Å². The number of benzene rings is 1. The van der Waals surface area contributed by atoms with Crippen LogP contribution in [0, 0.1) is 0 Å². The molecule has 1 aromatic rings. The number of quaternary nitrogens is 1. The van der Waals surface area contributed by atoms with E-state index in [1.807, 2.05) is 0 Å². The van der Waals surface area contributed by atoms with Crippen LogP contribution in [0.3, 0.4) is 0 Å². The minimum atomic E-state index is 1.25. The van der Waals surface area contributed by atoms with E-state index in [4.69, 9.17) is 0 Å². The van der Waals surface area contributed by atoms with Crippen LogP contribution in [0.5, 0.6) is 0 Å². The van der Waals surface area contributed by atoms with E-state index in [1.165, 1.54) is 43.5 Å². The summed E-state index contributed by atoms with van der Waals surface area (Å²) in [6.45, 7) is 5.06. The Hall–Kier alpha value is -1.34. The first-order valence-electron chi connectivity index (χ1n) is 6.64. The molecule has 0 atom stereocenters. The van der Waals surface area contributed by atoms with Crippen LogP contribution in [-0.2, 0) is 13.1 Å². The van der Waals surface area contributed by atoms with Gasteiger partial charge in [0.25, 0.3) is 0 Å². The monoisotopic (exact) mass is 224 g/mol. The zero-order valence-corrected chi connectivity index (χ0v) is 10.2. The van der Waals surface area contributed by atoms with Gasteiger partial charge in [0.2, 0.25) is 0 Å². The minimum absolute atomic E-state index is 1.25. The number of allylic oxidation sites excluding steroid dienone is 1. The Morgan fingerprint density at radius 3 is 2.35 bits per heavy atom. The van der Waals surface area contributed by atoms with Gasteiger partial charge in [-0.05, 0) is 18.4 Å². The van der Waals surface area contributed by atoms with Gasteiger partial charge in [0.05, 0.1) is 0 Å². The van der Waals surface area contributed by atoms with Crippen LogP contribution in [0.4, 0.5) is 0 Å². The van der Waals surface area contributed by atoms with Gasteiger partial charge in [-0.15, -0.1) is 0 Å². The molecule has 0 amide bonds. The third-order valence-electron chi connectivity index (χ3n) is 4.55. The summed E-state index contributed by atoms with van der Waals surface area (Å²) in [5, 5.41) is 0. The molecular formula is C16H18N+. The van der Waals surface area contributed by atoms with E-state index in [0.717, 1.165) is 0 Å². The molecule has 2 aliphatic heterocycles. The highest BCUT2D eigenvalue weighted by atomic mass is 15.4. The maximum atomic E-state index is 2.38. The molecule has 0 saturated heterocycles. The van der Waals surface area contributed by atoms with Crippen molar-refractivity contribution in [1.82, 2.24) is 0 Å². The molecule has 1 heteroatoms. The van der Waals surface area contributed by atoms with Crippen molar-refractivity contribution in [2.45, 2.75) is 25.9 Å². The predicted molar refractivity (Wildman–Crippen MR) is 69.2 cm³/mol. The number of nitrogens with zero attached hydrogens (tertiary/aromatic N) is 1. The average molecular weight is 224 g/mol. The normalized spacial score (nSPS) is 24.2. The number of hydrogen-bond donors (Lipinski definition) is 0. The maximum absolute atomic E-state index is 2.38. The van der Waals surface area contributed by atoms with Crippen LogP contribution in [-0.4, -0.2) is 17.6 Å². The molecule has 2 heterocycles. The van der Waals surface area contributed by atoms with Gasteiger partial charge in [0.1, 0.15) is 26.2 Å². The first-order chi connectivity index (χ1) is 8.35. The van der Waals surface area contributed by atoms with Crippen LogP contribution in [0.1, 0.15) is 24.0 Å². The molecule has 17 heavy (non-hydrogen) atoms. The Morgan fingerprint density at radius 2 is 1.65 bits per heavy atom. The second kappa shape index (κ2) is 3.33. The second-order valence-corrected chi connectivity index (χ2v) is 5.81. The third kappa shape index (κ3) is 1.42. The number of fused-ring (bicyclic) bond motifs is 1. The fraction of sp³-hybridized carbons (Fsp3) is 0.375. The lowest BCUT2D eigenvalue weighted by Crippen LogP contribution is -2.40. The van der Waals surface area contributed by atoms with Gasteiger partial charge in [0.15, 0.2) is 0 Å². The molecule has 0 aromatic heterocycles. The molecule has 0 bridgehead atoms. The highest BCUT2D eigenvalue weighted by Gasteiger charge is 2.41. The summed E-state index contributed by atoms with van der Waals surface area (Å²) in [6.07, 6.45) is 7.30. The van der Waals surface area contributed by atoms with Crippen molar-refractivity contribution in [2.24, 2.45) is 0 Å². The first kappa shape index (κ1) is 9.67. The van der Waals surface area contributed by atoms with Crippen molar-refractivity contribution in [3.8, 4) is 0 Å². The lowest BCUT2D eigenvalue weighted by Gasteiger charge is -2.29. The van der Waals surface area contributed by atoms with Gasteiger partial charge in [-0.2, -0.15) is 0 Å². The lowest BCUT2D eigenvalue weighted by molar-refractivity contribution is -0.933. The quantitative estimate of drug-likeness (QED) is 0.594. The molecule has 0 N–H and O–H groups in total. The molecule has 0 radical (unpaired) electrons. The van der Waals surface area contributed by atoms with Gasteiger partial charge < -0.3 is 4.48 Å². The lowest BCUT2D eigenvalue weighted by atomic mass is 10.0. The average Bonchev–Trinajstić information content (AvgIpc) is 2.87. The molecule has 0 saturated carbocycles. The number of rotatable bonds is 0. The van der Waals surface area contributed by atoms with Gasteiger partial charge in [-0.3, -0.25) is 0 Å². The van der Waals surface area contributed by atoms with Crippen molar-refractivity contribution in [3.63, 3.8) is 0 Å². The molecule has 1 aliphatic carbocycles. The van der Waals surface area contributed by atoms with Gasteiger partial charge in [0, 0.05) is 16.7 Å². The predicted octanol–water partition coefficient (Wildman–Crippen LogP) is 3.18. The fourth-order valence-corrected chi connectivity index (χ4v) is 3.80. The van der Waals surface area contributed by atoms with Crippen LogP contribution < -0.4 is 0 Å². The van der Waals surface area contributed by atoms with E-state index < -0.39 is 0 Å².